The van der Waals surface area contributed by atoms with Crippen molar-refractivity contribution >= 4 is 17.2 Å². The Morgan fingerprint density at radius 1 is 1.38 bits per heavy atom. The molecule has 0 aliphatic carbocycles. The Balaban J connectivity index is 2.12. The molecule has 21 heavy (non-hydrogen) atoms. The van der Waals surface area contributed by atoms with Crippen LogP contribution in [0.15, 0.2) is 35.8 Å². The van der Waals surface area contributed by atoms with E-state index in [1.165, 1.54) is 0 Å². The number of nitrogens with zero attached hydrogens (tertiary/aromatic N) is 1. The highest BCUT2D eigenvalue weighted by Gasteiger charge is 2.29. The molecule has 2 aromatic rings. The van der Waals surface area contributed by atoms with Gasteiger partial charge in [-0.2, -0.15) is 0 Å². The van der Waals surface area contributed by atoms with Gasteiger partial charge in [-0.1, -0.05) is 19.1 Å². The van der Waals surface area contributed by atoms with Crippen LogP contribution in [0.2, 0.25) is 0 Å². The lowest BCUT2D eigenvalue weighted by atomic mass is 9.99. The van der Waals surface area contributed by atoms with Crippen LogP contribution >= 0.6 is 11.3 Å². The second-order valence-electron chi connectivity index (χ2n) is 5.11. The summed E-state index contributed by atoms with van der Waals surface area (Å²) in [6, 6.07) is 7.46. The van der Waals surface area contributed by atoms with E-state index in [1.807, 2.05) is 43.5 Å². The Kier molecular flexibility index (Phi) is 5.09. The number of aromatic nitrogens is 1. The second kappa shape index (κ2) is 6.83. The van der Waals surface area contributed by atoms with E-state index in [0.29, 0.717) is 12.2 Å². The first-order valence-electron chi connectivity index (χ1n) is 6.89. The number of carbonyl (C=O) groups excluding carboxylic acids is 1. The zero-order valence-corrected chi connectivity index (χ0v) is 13.4. The average Bonchev–Trinajstić information content (AvgIpc) is 3.03. The lowest BCUT2D eigenvalue weighted by Crippen LogP contribution is -2.43. The first kappa shape index (κ1) is 15.7. The summed E-state index contributed by atoms with van der Waals surface area (Å²) in [6.07, 6.45) is 2.55. The first-order chi connectivity index (χ1) is 10.1. The van der Waals surface area contributed by atoms with Crippen molar-refractivity contribution in [3.05, 3.63) is 52.0 Å². The zero-order chi connectivity index (χ0) is 15.3. The third-order valence-electron chi connectivity index (χ3n) is 3.53. The van der Waals surface area contributed by atoms with Crippen molar-refractivity contribution in [2.24, 2.45) is 0 Å². The molecular weight excluding hydrogens is 284 g/mol. The summed E-state index contributed by atoms with van der Waals surface area (Å²) in [6.45, 7) is 4.60. The van der Waals surface area contributed by atoms with Gasteiger partial charge < -0.3 is 10.1 Å². The van der Waals surface area contributed by atoms with Gasteiger partial charge in [0.25, 0.3) is 5.91 Å². The molecule has 0 bridgehead atoms. The number of amides is 1. The molecule has 0 radical (unpaired) electrons. The van der Waals surface area contributed by atoms with Gasteiger partial charge in [-0.15, -0.1) is 11.3 Å². The van der Waals surface area contributed by atoms with Gasteiger partial charge in [0.15, 0.2) is 0 Å². The highest BCUT2D eigenvalue weighted by molar-refractivity contribution is 7.09. The van der Waals surface area contributed by atoms with Gasteiger partial charge in [0, 0.05) is 24.3 Å². The average molecular weight is 304 g/mol. The van der Waals surface area contributed by atoms with Crippen molar-refractivity contribution in [1.82, 2.24) is 10.3 Å². The second-order valence-corrected chi connectivity index (χ2v) is 6.00. The molecule has 1 aromatic heterocycles. The Morgan fingerprint density at radius 2 is 2.10 bits per heavy atom. The van der Waals surface area contributed by atoms with Crippen LogP contribution in [0.4, 0.5) is 0 Å². The predicted octanol–water partition coefficient (Wildman–Crippen LogP) is 3.34. The number of benzene rings is 1. The summed E-state index contributed by atoms with van der Waals surface area (Å²) >= 11 is 1.56. The standard InChI is InChI=1S/C16H20N2O2S/c1-4-16(2,15-17-9-10-21-15)18-14(19)13-7-5-12(6-8-13)11-20-3/h5-10H,4,11H2,1-3H3,(H,18,19)/t16-/m1/s1. The number of nitrogens with one attached hydrogen (secondary N) is 1. The van der Waals surface area contributed by atoms with Gasteiger partial charge in [-0.3, -0.25) is 4.79 Å². The summed E-state index contributed by atoms with van der Waals surface area (Å²) in [4.78, 5) is 16.7. The predicted molar refractivity (Wildman–Crippen MR) is 84.4 cm³/mol. The van der Waals surface area contributed by atoms with Gasteiger partial charge in [0.1, 0.15) is 5.01 Å². The van der Waals surface area contributed by atoms with Crippen molar-refractivity contribution in [2.45, 2.75) is 32.4 Å². The SMILES string of the molecule is CC[C@@](C)(NC(=O)c1ccc(COC)cc1)c1nccs1. The van der Waals surface area contributed by atoms with Crippen molar-refractivity contribution in [3.8, 4) is 0 Å². The van der Waals surface area contributed by atoms with Gasteiger partial charge in [-0.05, 0) is 31.0 Å². The molecule has 1 heterocycles. The minimum atomic E-state index is -0.434. The van der Waals surface area contributed by atoms with Gasteiger partial charge >= 0.3 is 0 Å². The van der Waals surface area contributed by atoms with Gasteiger partial charge in [0.05, 0.1) is 12.1 Å². The highest BCUT2D eigenvalue weighted by Crippen LogP contribution is 2.26. The molecule has 0 spiro atoms. The number of hydrogen-bond donors (Lipinski definition) is 1. The fraction of sp³-hybridized carbons (Fsp3) is 0.375. The first-order valence-corrected chi connectivity index (χ1v) is 7.77. The molecule has 5 heteroatoms. The smallest absolute Gasteiger partial charge is 0.252 e. The molecule has 0 aliphatic rings. The fourth-order valence-corrected chi connectivity index (χ4v) is 2.86. The number of ether oxygens (including phenoxy) is 1. The minimum absolute atomic E-state index is 0.0847. The van der Waals surface area contributed by atoms with E-state index in [0.717, 1.165) is 17.0 Å². The number of hydrogen-bond acceptors (Lipinski definition) is 4. The van der Waals surface area contributed by atoms with E-state index < -0.39 is 5.54 Å². The summed E-state index contributed by atoms with van der Waals surface area (Å²) in [7, 11) is 1.65. The lowest BCUT2D eigenvalue weighted by Gasteiger charge is -2.27. The molecule has 112 valence electrons. The zero-order valence-electron chi connectivity index (χ0n) is 12.6. The van der Waals surface area contributed by atoms with Crippen LogP contribution < -0.4 is 5.32 Å². The maximum absolute atomic E-state index is 12.4. The van der Waals surface area contributed by atoms with Crippen LogP contribution in [0, 0.1) is 0 Å². The number of thiazole rings is 1. The number of carbonyl (C=O) groups is 1. The van der Waals surface area contributed by atoms with Crippen molar-refractivity contribution < 1.29 is 9.53 Å². The summed E-state index contributed by atoms with van der Waals surface area (Å²) in [5, 5.41) is 5.94. The fourth-order valence-electron chi connectivity index (χ4n) is 2.03. The van der Waals surface area contributed by atoms with Crippen LogP contribution in [0.5, 0.6) is 0 Å². The highest BCUT2D eigenvalue weighted by atomic mass is 32.1. The van der Waals surface area contributed by atoms with Gasteiger partial charge in [-0.25, -0.2) is 4.98 Å². The molecule has 1 N–H and O–H groups in total. The largest absolute Gasteiger partial charge is 0.380 e. The molecule has 0 fully saturated rings. The molecule has 0 saturated carbocycles. The molecule has 1 aromatic carbocycles. The molecule has 0 saturated heterocycles. The molecule has 4 nitrogen and oxygen atoms in total. The van der Waals surface area contributed by atoms with Crippen molar-refractivity contribution in [3.63, 3.8) is 0 Å². The van der Waals surface area contributed by atoms with E-state index in [9.17, 15) is 4.79 Å². The van der Waals surface area contributed by atoms with Crippen LogP contribution in [0.25, 0.3) is 0 Å². The number of rotatable bonds is 6. The number of methoxy groups -OCH3 is 1. The van der Waals surface area contributed by atoms with E-state index in [2.05, 4.69) is 10.3 Å². The quantitative estimate of drug-likeness (QED) is 0.890. The molecule has 0 aliphatic heterocycles. The van der Waals surface area contributed by atoms with Crippen molar-refractivity contribution in [2.75, 3.05) is 7.11 Å². The molecule has 1 amide bonds. The van der Waals surface area contributed by atoms with Crippen LogP contribution in [-0.2, 0) is 16.9 Å². The minimum Gasteiger partial charge on any atom is -0.380 e. The summed E-state index contributed by atoms with van der Waals surface area (Å²) in [5.74, 6) is -0.0847. The van der Waals surface area contributed by atoms with Crippen LogP contribution in [0.3, 0.4) is 0 Å². The van der Waals surface area contributed by atoms with Crippen LogP contribution in [-0.4, -0.2) is 18.0 Å². The van der Waals surface area contributed by atoms with E-state index >= 15 is 0 Å². The van der Waals surface area contributed by atoms with Crippen LogP contribution in [0.1, 0.15) is 41.2 Å². The molecule has 0 unspecified atom stereocenters. The molecular formula is C16H20N2O2S. The Hall–Kier alpha value is -1.72. The normalized spacial score (nSPS) is 13.7. The Labute approximate surface area is 129 Å². The molecule has 2 rings (SSSR count). The maximum atomic E-state index is 12.4. The summed E-state index contributed by atoms with van der Waals surface area (Å²) in [5.41, 5.74) is 1.26. The van der Waals surface area contributed by atoms with E-state index in [4.69, 9.17) is 4.74 Å². The van der Waals surface area contributed by atoms with E-state index in [1.54, 1.807) is 24.6 Å². The van der Waals surface area contributed by atoms with Gasteiger partial charge in [0.2, 0.25) is 0 Å². The third-order valence-corrected chi connectivity index (χ3v) is 4.56. The Morgan fingerprint density at radius 3 is 2.62 bits per heavy atom. The molecule has 1 atom stereocenters. The van der Waals surface area contributed by atoms with E-state index in [-0.39, 0.29) is 5.91 Å². The maximum Gasteiger partial charge on any atom is 0.252 e. The third kappa shape index (κ3) is 3.68. The lowest BCUT2D eigenvalue weighted by molar-refractivity contribution is 0.0902. The topological polar surface area (TPSA) is 51.2 Å². The van der Waals surface area contributed by atoms with Crippen molar-refractivity contribution in [1.29, 1.82) is 0 Å². The Bertz CT molecular complexity index is 581. The summed E-state index contributed by atoms with van der Waals surface area (Å²) < 4.78 is 5.07. The monoisotopic (exact) mass is 304 g/mol.